The van der Waals surface area contributed by atoms with Crippen molar-refractivity contribution < 1.29 is 0 Å². The molecule has 4 heteroatoms. The van der Waals surface area contributed by atoms with Gasteiger partial charge in [-0.05, 0) is 65.0 Å². The Labute approximate surface area is 139 Å². The maximum atomic E-state index is 6.58. The lowest BCUT2D eigenvalue weighted by atomic mass is 9.99. The predicted octanol–water partition coefficient (Wildman–Crippen LogP) is 2.67. The molecule has 0 aromatic rings. The van der Waals surface area contributed by atoms with Gasteiger partial charge >= 0.3 is 0 Å². The Bertz CT molecular complexity index is 223. The van der Waals surface area contributed by atoms with Crippen molar-refractivity contribution >= 4 is 0 Å². The predicted molar refractivity (Wildman–Crippen MR) is 99.2 cm³/mol. The number of nitrogens with zero attached hydrogens (tertiary/aromatic N) is 2. The highest BCUT2D eigenvalue weighted by Gasteiger charge is 2.23. The van der Waals surface area contributed by atoms with E-state index in [1.165, 1.54) is 38.8 Å². The fourth-order valence-electron chi connectivity index (χ4n) is 3.07. The minimum Gasteiger partial charge on any atom is -0.330 e. The molecule has 0 amide bonds. The van der Waals surface area contributed by atoms with Crippen molar-refractivity contribution in [1.82, 2.24) is 9.80 Å². The van der Waals surface area contributed by atoms with E-state index in [1.807, 2.05) is 0 Å². The molecule has 0 aliphatic carbocycles. The standard InChI is InChI=1S/C18H42N4/c1-5-9-14-22(15-10-6-2)18(11-13-19)17(20)12-16-21(7-3)8-4/h17-18H,5-16,19-20H2,1-4H3. The Hall–Kier alpha value is -0.160. The zero-order valence-electron chi connectivity index (χ0n) is 15.7. The van der Waals surface area contributed by atoms with E-state index >= 15 is 0 Å². The van der Waals surface area contributed by atoms with Gasteiger partial charge in [-0.3, -0.25) is 4.90 Å². The second-order valence-corrected chi connectivity index (χ2v) is 6.37. The Morgan fingerprint density at radius 1 is 0.818 bits per heavy atom. The van der Waals surface area contributed by atoms with Crippen LogP contribution in [0, 0.1) is 0 Å². The fourth-order valence-corrected chi connectivity index (χ4v) is 3.07. The molecule has 0 heterocycles. The van der Waals surface area contributed by atoms with Crippen molar-refractivity contribution in [2.45, 2.75) is 78.3 Å². The highest BCUT2D eigenvalue weighted by molar-refractivity contribution is 4.83. The molecule has 0 bridgehead atoms. The van der Waals surface area contributed by atoms with Crippen LogP contribution in [0.15, 0.2) is 0 Å². The molecular formula is C18H42N4. The molecule has 0 spiro atoms. The van der Waals surface area contributed by atoms with Crippen molar-refractivity contribution in [2.75, 3.05) is 39.3 Å². The first-order chi connectivity index (χ1) is 10.6. The lowest BCUT2D eigenvalue weighted by Crippen LogP contribution is -2.50. The summed E-state index contributed by atoms with van der Waals surface area (Å²) in [6.45, 7) is 15.4. The molecule has 0 radical (unpaired) electrons. The van der Waals surface area contributed by atoms with Gasteiger partial charge in [0.05, 0.1) is 0 Å². The fraction of sp³-hybridized carbons (Fsp3) is 1.00. The normalized spacial score (nSPS) is 14.7. The van der Waals surface area contributed by atoms with Gasteiger partial charge < -0.3 is 16.4 Å². The first-order valence-corrected chi connectivity index (χ1v) is 9.56. The lowest BCUT2D eigenvalue weighted by Gasteiger charge is -2.36. The van der Waals surface area contributed by atoms with Crippen LogP contribution in [0.3, 0.4) is 0 Å². The molecule has 0 aromatic carbocycles. The van der Waals surface area contributed by atoms with Gasteiger partial charge in [0.2, 0.25) is 0 Å². The van der Waals surface area contributed by atoms with Crippen molar-refractivity contribution in [1.29, 1.82) is 0 Å². The third kappa shape index (κ3) is 9.09. The molecule has 0 fully saturated rings. The van der Waals surface area contributed by atoms with E-state index in [-0.39, 0.29) is 6.04 Å². The highest BCUT2D eigenvalue weighted by atomic mass is 15.2. The summed E-state index contributed by atoms with van der Waals surface area (Å²) >= 11 is 0. The maximum Gasteiger partial charge on any atom is 0.0259 e. The van der Waals surface area contributed by atoms with Crippen LogP contribution in [0.4, 0.5) is 0 Å². The molecule has 0 aliphatic heterocycles. The number of hydrogen-bond donors (Lipinski definition) is 2. The number of unbranched alkanes of at least 4 members (excludes halogenated alkanes) is 2. The number of hydrogen-bond acceptors (Lipinski definition) is 4. The second kappa shape index (κ2) is 14.4. The smallest absolute Gasteiger partial charge is 0.0259 e. The zero-order valence-corrected chi connectivity index (χ0v) is 15.7. The molecule has 134 valence electrons. The maximum absolute atomic E-state index is 6.58. The molecule has 2 atom stereocenters. The average Bonchev–Trinajstić information content (AvgIpc) is 2.54. The number of rotatable bonds is 15. The molecule has 0 aliphatic rings. The molecular weight excluding hydrogens is 272 g/mol. The van der Waals surface area contributed by atoms with Crippen molar-refractivity contribution in [3.8, 4) is 0 Å². The summed E-state index contributed by atoms with van der Waals surface area (Å²) in [4.78, 5) is 5.08. The van der Waals surface area contributed by atoms with Gasteiger partial charge in [-0.2, -0.15) is 0 Å². The molecule has 0 saturated heterocycles. The third-order valence-electron chi connectivity index (χ3n) is 4.70. The minimum absolute atomic E-state index is 0.234. The summed E-state index contributed by atoms with van der Waals surface area (Å²) in [6.07, 6.45) is 7.09. The summed E-state index contributed by atoms with van der Waals surface area (Å²) in [7, 11) is 0. The SMILES string of the molecule is CCCCN(CCCC)C(CCN)C(N)CCN(CC)CC. The van der Waals surface area contributed by atoms with Gasteiger partial charge in [0, 0.05) is 12.1 Å². The van der Waals surface area contributed by atoms with Crippen molar-refractivity contribution in [3.63, 3.8) is 0 Å². The summed E-state index contributed by atoms with van der Waals surface area (Å²) in [5, 5.41) is 0. The van der Waals surface area contributed by atoms with Gasteiger partial charge in [-0.1, -0.05) is 40.5 Å². The van der Waals surface area contributed by atoms with Gasteiger partial charge in [0.1, 0.15) is 0 Å². The number of nitrogens with two attached hydrogens (primary N) is 2. The van der Waals surface area contributed by atoms with E-state index in [4.69, 9.17) is 11.5 Å². The van der Waals surface area contributed by atoms with Gasteiger partial charge in [-0.15, -0.1) is 0 Å². The van der Waals surface area contributed by atoms with Crippen LogP contribution in [0.2, 0.25) is 0 Å². The first-order valence-electron chi connectivity index (χ1n) is 9.56. The van der Waals surface area contributed by atoms with Gasteiger partial charge in [0.15, 0.2) is 0 Å². The topological polar surface area (TPSA) is 58.5 Å². The zero-order chi connectivity index (χ0) is 16.8. The van der Waals surface area contributed by atoms with E-state index in [9.17, 15) is 0 Å². The second-order valence-electron chi connectivity index (χ2n) is 6.37. The van der Waals surface area contributed by atoms with Crippen LogP contribution in [0.25, 0.3) is 0 Å². The third-order valence-corrected chi connectivity index (χ3v) is 4.70. The molecule has 0 saturated carbocycles. The monoisotopic (exact) mass is 314 g/mol. The first kappa shape index (κ1) is 21.8. The van der Waals surface area contributed by atoms with Crippen LogP contribution in [-0.2, 0) is 0 Å². The minimum atomic E-state index is 0.234. The summed E-state index contributed by atoms with van der Waals surface area (Å²) < 4.78 is 0. The molecule has 0 aromatic heterocycles. The van der Waals surface area contributed by atoms with E-state index in [0.717, 1.165) is 39.0 Å². The van der Waals surface area contributed by atoms with Crippen LogP contribution in [0.5, 0.6) is 0 Å². The van der Waals surface area contributed by atoms with Crippen molar-refractivity contribution in [3.05, 3.63) is 0 Å². The van der Waals surface area contributed by atoms with Gasteiger partial charge in [-0.25, -0.2) is 0 Å². The lowest BCUT2D eigenvalue weighted by molar-refractivity contribution is 0.147. The van der Waals surface area contributed by atoms with Gasteiger partial charge in [0.25, 0.3) is 0 Å². The Morgan fingerprint density at radius 3 is 1.77 bits per heavy atom. The van der Waals surface area contributed by atoms with Crippen LogP contribution in [0.1, 0.15) is 66.2 Å². The van der Waals surface area contributed by atoms with E-state index < -0.39 is 0 Å². The van der Waals surface area contributed by atoms with Crippen molar-refractivity contribution in [2.24, 2.45) is 11.5 Å². The molecule has 22 heavy (non-hydrogen) atoms. The Kier molecular flexibility index (Phi) is 14.3. The van der Waals surface area contributed by atoms with E-state index in [2.05, 4.69) is 37.5 Å². The van der Waals surface area contributed by atoms with E-state index in [0.29, 0.717) is 6.04 Å². The van der Waals surface area contributed by atoms with Crippen LogP contribution in [-0.4, -0.2) is 61.2 Å². The summed E-state index contributed by atoms with van der Waals surface area (Å²) in [5.41, 5.74) is 12.5. The molecule has 2 unspecified atom stereocenters. The Morgan fingerprint density at radius 2 is 1.36 bits per heavy atom. The highest BCUT2D eigenvalue weighted by Crippen LogP contribution is 2.14. The molecule has 4 nitrogen and oxygen atoms in total. The molecule has 4 N–H and O–H groups in total. The molecule has 0 rings (SSSR count). The van der Waals surface area contributed by atoms with Crippen LogP contribution >= 0.6 is 0 Å². The average molecular weight is 315 g/mol. The van der Waals surface area contributed by atoms with Crippen LogP contribution < -0.4 is 11.5 Å². The summed E-state index contributed by atoms with van der Waals surface area (Å²) in [5.74, 6) is 0. The summed E-state index contributed by atoms with van der Waals surface area (Å²) in [6, 6.07) is 0.677. The Balaban J connectivity index is 4.63. The largest absolute Gasteiger partial charge is 0.330 e. The quantitative estimate of drug-likeness (QED) is 0.488. The van der Waals surface area contributed by atoms with E-state index in [1.54, 1.807) is 0 Å².